The van der Waals surface area contributed by atoms with Crippen LogP contribution in [-0.2, 0) is 11.1 Å². The number of fused-ring (bicyclic) bond motifs is 12. The molecule has 73 heavy (non-hydrogen) atoms. The maximum Gasteiger partial charge on any atom is 0.262 e. The Morgan fingerprint density at radius 3 is 1.10 bits per heavy atom. The molecule has 0 saturated heterocycles. The fraction of sp³-hybridized carbons (Fsp3) is 0.322. The molecule has 6 aromatic carbocycles. The molecular formula is C59H68N10O4. The lowest BCUT2D eigenvalue weighted by atomic mass is 9.74. The van der Waals surface area contributed by atoms with Crippen LogP contribution in [0.15, 0.2) is 121 Å². The molecule has 0 bridgehead atoms. The van der Waals surface area contributed by atoms with Crippen molar-refractivity contribution in [1.29, 1.82) is 10.8 Å². The van der Waals surface area contributed by atoms with Crippen LogP contribution in [0.4, 0.5) is 22.7 Å². The molecule has 378 valence electrons. The maximum atomic E-state index is 13.9. The Kier molecular flexibility index (Phi) is 13.6. The monoisotopic (exact) mass is 981 g/mol. The summed E-state index contributed by atoms with van der Waals surface area (Å²) in [6.07, 6.45) is 0. The second-order valence-corrected chi connectivity index (χ2v) is 18.6. The lowest BCUT2D eigenvalue weighted by Gasteiger charge is -2.44. The van der Waals surface area contributed by atoms with Gasteiger partial charge in [-0.3, -0.25) is 25.3 Å². The van der Waals surface area contributed by atoms with Crippen LogP contribution < -0.4 is 40.5 Å². The summed E-state index contributed by atoms with van der Waals surface area (Å²) in [5.74, 6) is 1.99. The first-order valence-corrected chi connectivity index (χ1v) is 25.8. The van der Waals surface area contributed by atoms with E-state index < -0.39 is 11.1 Å². The number of rotatable bonds is 14. The summed E-state index contributed by atoms with van der Waals surface area (Å²) in [5, 5.41) is 16.7. The fourth-order valence-electron chi connectivity index (χ4n) is 11.8. The van der Waals surface area contributed by atoms with Crippen molar-refractivity contribution in [2.24, 2.45) is 11.5 Å². The number of carbonyl (C=O) groups excluding carboxylic acids is 2. The second kappa shape index (κ2) is 19.9. The molecular weight excluding hydrogens is 913 g/mol. The van der Waals surface area contributed by atoms with Crippen molar-refractivity contribution in [3.05, 3.63) is 166 Å². The van der Waals surface area contributed by atoms with Crippen molar-refractivity contribution < 1.29 is 19.1 Å². The molecule has 4 aliphatic rings. The average Bonchev–Trinajstić information content (AvgIpc) is 3.83. The second-order valence-electron chi connectivity index (χ2n) is 18.6. The largest absolute Gasteiger partial charge is 0.456 e. The molecule has 0 unspecified atom stereocenters. The Morgan fingerprint density at radius 2 is 0.767 bits per heavy atom. The number of hydrogen-bond acceptors (Lipinski definition) is 10. The Hall–Kier alpha value is -8.00. The number of hydrogen-bond donors (Lipinski definition) is 4. The number of guanidine groups is 1. The van der Waals surface area contributed by atoms with E-state index in [9.17, 15) is 9.59 Å². The molecule has 0 fully saturated rings. The van der Waals surface area contributed by atoms with Crippen molar-refractivity contribution in [3.63, 3.8) is 0 Å². The summed E-state index contributed by atoms with van der Waals surface area (Å²) in [5.41, 5.74) is 20.5. The minimum absolute atomic E-state index is 0.0159. The highest BCUT2D eigenvalue weighted by atomic mass is 16.5. The van der Waals surface area contributed by atoms with E-state index in [0.717, 1.165) is 108 Å². The number of carbonyl (C=O) groups is 2. The number of amidine groups is 1. The molecule has 14 nitrogen and oxygen atoms in total. The van der Waals surface area contributed by atoms with Gasteiger partial charge in [0.2, 0.25) is 0 Å². The van der Waals surface area contributed by atoms with Gasteiger partial charge in [0.25, 0.3) is 11.8 Å². The first-order valence-electron chi connectivity index (χ1n) is 25.8. The van der Waals surface area contributed by atoms with E-state index in [0.29, 0.717) is 34.1 Å². The van der Waals surface area contributed by atoms with Gasteiger partial charge in [0.15, 0.2) is 5.96 Å². The Bertz CT molecular complexity index is 3000. The number of nitrogens with one attached hydrogen (secondary N) is 2. The molecule has 0 saturated carbocycles. The van der Waals surface area contributed by atoms with Crippen LogP contribution in [0, 0.1) is 10.8 Å². The average molecular weight is 981 g/mol. The number of ether oxygens (including phenoxy) is 2. The minimum atomic E-state index is -1.09. The molecule has 4 heterocycles. The van der Waals surface area contributed by atoms with Crippen LogP contribution in [-0.4, -0.2) is 92.3 Å². The van der Waals surface area contributed by atoms with E-state index in [-0.39, 0.29) is 30.2 Å². The van der Waals surface area contributed by atoms with Crippen molar-refractivity contribution in [2.75, 3.05) is 78.5 Å². The minimum Gasteiger partial charge on any atom is -0.456 e. The standard InChI is InChI=1S/C30H35N5O2.C29H33N5O2/c1-5-33(6-2)20-13-15-24-26(17-20)37-27-18-21(34(7-3)8-4)14-16-25(27)30(24)23-12-10-9-11-22(23)29(36)35(30)19-28(31)32;1-5-32(6-2)19-13-15-23-25(17-19)36-26-18-20(33(7-3)8-4)14-16-24(26)29(23)22-12-10-9-11-21(22)27(35)34(29)28(30)31/h9-18H,5-8,19H2,1-4H3,(H3,31,32);9-18H,5-8H2,1-4H3,(H3,30,31). The molecule has 4 aliphatic heterocycles. The molecule has 0 aliphatic carbocycles. The number of amides is 2. The van der Waals surface area contributed by atoms with Crippen LogP contribution >= 0.6 is 0 Å². The predicted molar refractivity (Wildman–Crippen MR) is 294 cm³/mol. The van der Waals surface area contributed by atoms with E-state index in [1.54, 1.807) is 4.90 Å². The normalized spacial score (nSPS) is 14.6. The van der Waals surface area contributed by atoms with Crippen LogP contribution in [0.2, 0.25) is 0 Å². The van der Waals surface area contributed by atoms with Gasteiger partial charge in [0.05, 0.1) is 6.54 Å². The Balaban J connectivity index is 0.000000180. The maximum absolute atomic E-state index is 13.9. The van der Waals surface area contributed by atoms with Crippen LogP contribution in [0.5, 0.6) is 23.0 Å². The smallest absolute Gasteiger partial charge is 0.262 e. The number of benzene rings is 6. The van der Waals surface area contributed by atoms with Gasteiger partial charge in [-0.1, -0.05) is 60.7 Å². The van der Waals surface area contributed by atoms with Crippen molar-refractivity contribution >= 4 is 46.4 Å². The quantitative estimate of drug-likeness (QED) is 0.0608. The molecule has 10 rings (SSSR count). The van der Waals surface area contributed by atoms with Gasteiger partial charge in [-0.2, -0.15) is 0 Å². The zero-order chi connectivity index (χ0) is 51.9. The highest BCUT2D eigenvalue weighted by Crippen LogP contribution is 2.60. The molecule has 2 amide bonds. The van der Waals surface area contributed by atoms with Gasteiger partial charge in [0.1, 0.15) is 39.9 Å². The van der Waals surface area contributed by atoms with Crippen molar-refractivity contribution in [1.82, 2.24) is 9.80 Å². The summed E-state index contributed by atoms with van der Waals surface area (Å²) >= 11 is 0. The SMILES string of the molecule is CCN(CC)c1ccc2c(c1)Oc1cc(N(CC)CC)ccc1C21c2ccccc2C(=O)N1C(=N)N.CCN(CC)c1ccc2c(c1)Oc1cc(N(CC)CC)ccc1C21c2ccccc2C(=O)N1CC(=N)N. The number of anilines is 4. The molecule has 0 aromatic heterocycles. The highest BCUT2D eigenvalue weighted by Gasteiger charge is 2.58. The first-order chi connectivity index (χ1) is 35.3. The molecule has 6 N–H and O–H groups in total. The third kappa shape index (κ3) is 7.76. The van der Waals surface area contributed by atoms with Crippen LogP contribution in [0.25, 0.3) is 0 Å². The van der Waals surface area contributed by atoms with Crippen molar-refractivity contribution in [3.8, 4) is 23.0 Å². The topological polar surface area (TPSA) is 172 Å². The third-order valence-electron chi connectivity index (χ3n) is 15.2. The number of nitrogens with zero attached hydrogens (tertiary/aromatic N) is 6. The van der Waals surface area contributed by atoms with Gasteiger partial charge in [-0.25, -0.2) is 0 Å². The van der Waals surface area contributed by atoms with E-state index >= 15 is 0 Å². The van der Waals surface area contributed by atoms with E-state index in [4.69, 9.17) is 31.8 Å². The Labute approximate surface area is 429 Å². The van der Waals surface area contributed by atoms with Crippen molar-refractivity contribution in [2.45, 2.75) is 66.5 Å². The fourth-order valence-corrected chi connectivity index (χ4v) is 11.8. The van der Waals surface area contributed by atoms with Gasteiger partial charge in [-0.05, 0) is 97.4 Å². The number of nitrogens with two attached hydrogens (primary N) is 2. The zero-order valence-corrected chi connectivity index (χ0v) is 43.4. The highest BCUT2D eigenvalue weighted by molar-refractivity contribution is 6.11. The summed E-state index contributed by atoms with van der Waals surface area (Å²) in [6.45, 7) is 24.0. The van der Waals surface area contributed by atoms with Gasteiger partial charge in [0, 0.05) is 138 Å². The van der Waals surface area contributed by atoms with E-state index in [1.165, 1.54) is 4.90 Å². The van der Waals surface area contributed by atoms with E-state index in [1.807, 2.05) is 72.8 Å². The van der Waals surface area contributed by atoms with E-state index in [2.05, 4.69) is 124 Å². The van der Waals surface area contributed by atoms with Crippen LogP contribution in [0.1, 0.15) is 109 Å². The molecule has 0 radical (unpaired) electrons. The summed E-state index contributed by atoms with van der Waals surface area (Å²) in [7, 11) is 0. The lowest BCUT2D eigenvalue weighted by molar-refractivity contribution is 0.0701. The third-order valence-corrected chi connectivity index (χ3v) is 15.2. The lowest BCUT2D eigenvalue weighted by Crippen LogP contribution is -2.52. The van der Waals surface area contributed by atoms with Crippen LogP contribution in [0.3, 0.4) is 0 Å². The summed E-state index contributed by atoms with van der Waals surface area (Å²) < 4.78 is 13.3. The molecule has 2 spiro atoms. The first kappa shape index (κ1) is 50.0. The summed E-state index contributed by atoms with van der Waals surface area (Å²) in [6, 6.07) is 40.1. The summed E-state index contributed by atoms with van der Waals surface area (Å²) in [4.78, 5) is 39.8. The molecule has 0 atom stereocenters. The Morgan fingerprint density at radius 1 is 0.452 bits per heavy atom. The molecule has 14 heteroatoms. The predicted octanol–water partition coefficient (Wildman–Crippen LogP) is 10.3. The zero-order valence-electron chi connectivity index (χ0n) is 43.4. The van der Waals surface area contributed by atoms with Gasteiger partial charge in [-0.15, -0.1) is 0 Å². The van der Waals surface area contributed by atoms with Gasteiger partial charge < -0.3 is 45.4 Å². The molecule has 6 aromatic rings. The van der Waals surface area contributed by atoms with Gasteiger partial charge >= 0.3 is 0 Å².